The molecule has 1 saturated heterocycles. The summed E-state index contributed by atoms with van der Waals surface area (Å²) in [4.78, 5) is 61.9. The van der Waals surface area contributed by atoms with E-state index in [4.69, 9.17) is 14.9 Å². The summed E-state index contributed by atoms with van der Waals surface area (Å²) in [7, 11) is 1.59. The Balaban J connectivity index is 1.22. The topological polar surface area (TPSA) is 181 Å². The molecule has 3 aliphatic rings. The molecule has 4 N–H and O–H groups in total. The summed E-state index contributed by atoms with van der Waals surface area (Å²) in [6.07, 6.45) is 9.34. The van der Waals surface area contributed by atoms with Gasteiger partial charge in [-0.2, -0.15) is 9.90 Å². The van der Waals surface area contributed by atoms with E-state index < -0.39 is 47.5 Å². The number of benzene rings is 2. The van der Waals surface area contributed by atoms with Crippen molar-refractivity contribution in [3.8, 4) is 27.7 Å². The second-order valence-electron chi connectivity index (χ2n) is 13.3. The second-order valence-corrected chi connectivity index (χ2v) is 14.2. The normalized spacial score (nSPS) is 24.8. The van der Waals surface area contributed by atoms with Crippen LogP contribution in [0.2, 0.25) is 0 Å². The molecule has 2 fully saturated rings. The van der Waals surface area contributed by atoms with Crippen molar-refractivity contribution in [2.45, 2.75) is 68.6 Å². The average Bonchev–Trinajstić information content (AvgIpc) is 3.60. The minimum absolute atomic E-state index is 0.0623. The van der Waals surface area contributed by atoms with E-state index in [9.17, 15) is 24.3 Å². The number of carboxylic acids is 1. The van der Waals surface area contributed by atoms with E-state index in [-0.39, 0.29) is 25.3 Å². The van der Waals surface area contributed by atoms with Crippen molar-refractivity contribution >= 4 is 40.8 Å². The van der Waals surface area contributed by atoms with Crippen molar-refractivity contribution in [1.29, 1.82) is 0 Å². The van der Waals surface area contributed by atoms with E-state index in [0.29, 0.717) is 40.7 Å². The van der Waals surface area contributed by atoms with E-state index in [1.54, 1.807) is 37.6 Å². The molecule has 1 aliphatic carbocycles. The Hall–Kier alpha value is -5.57. The molecule has 2 aliphatic heterocycles. The Kier molecular flexibility index (Phi) is 10.0. The number of fused-ring (bicyclic) bond motifs is 2. The predicted molar refractivity (Wildman–Crippen MR) is 193 cm³/mol. The van der Waals surface area contributed by atoms with Gasteiger partial charge in [0.15, 0.2) is 0 Å². The molecular formula is C37H40N8O6S. The molecule has 2 aromatic carbocycles. The number of allylic oxidation sites excluding steroid dienone is 1. The van der Waals surface area contributed by atoms with Crippen LogP contribution in [0.5, 0.6) is 5.75 Å². The zero-order valence-corrected chi connectivity index (χ0v) is 29.4. The number of amides is 4. The average molecular weight is 725 g/mol. The number of anilines is 1. The van der Waals surface area contributed by atoms with Crippen molar-refractivity contribution < 1.29 is 29.0 Å². The van der Waals surface area contributed by atoms with E-state index in [1.807, 2.05) is 47.9 Å². The lowest BCUT2D eigenvalue weighted by Crippen LogP contribution is -2.56. The van der Waals surface area contributed by atoms with Gasteiger partial charge in [0.2, 0.25) is 11.8 Å². The number of hydrogen-bond acceptors (Lipinski definition) is 9. The highest BCUT2D eigenvalue weighted by atomic mass is 32.1. The molecule has 270 valence electrons. The Morgan fingerprint density at radius 1 is 1.04 bits per heavy atom. The van der Waals surface area contributed by atoms with Crippen molar-refractivity contribution in [2.24, 2.45) is 5.92 Å². The lowest BCUT2D eigenvalue weighted by molar-refractivity contribution is -0.145. The third kappa shape index (κ3) is 7.26. The highest BCUT2D eigenvalue weighted by Crippen LogP contribution is 2.46. The van der Waals surface area contributed by atoms with Gasteiger partial charge in [0.05, 0.1) is 13.2 Å². The number of methoxy groups -OCH3 is 1. The fourth-order valence-corrected chi connectivity index (χ4v) is 7.63. The minimum Gasteiger partial charge on any atom is -0.497 e. The van der Waals surface area contributed by atoms with Crippen LogP contribution in [0.4, 0.5) is 10.5 Å². The van der Waals surface area contributed by atoms with E-state index in [0.717, 1.165) is 24.8 Å². The number of ether oxygens (including phenoxy) is 1. The van der Waals surface area contributed by atoms with Crippen LogP contribution in [0, 0.1) is 5.92 Å². The number of nitrogens with zero attached hydrogens (tertiary/aromatic N) is 5. The molecule has 4 aromatic rings. The van der Waals surface area contributed by atoms with Gasteiger partial charge in [0.25, 0.3) is 0 Å². The molecular weight excluding hydrogens is 685 g/mol. The minimum atomic E-state index is -1.45. The summed E-state index contributed by atoms with van der Waals surface area (Å²) in [6.45, 7) is 0.0623. The summed E-state index contributed by atoms with van der Waals surface area (Å²) in [5, 5.41) is 30.9. The molecule has 5 atom stereocenters. The van der Waals surface area contributed by atoms with Crippen molar-refractivity contribution in [1.82, 2.24) is 35.5 Å². The van der Waals surface area contributed by atoms with Gasteiger partial charge in [-0.15, -0.1) is 16.4 Å². The molecule has 7 rings (SSSR count). The summed E-state index contributed by atoms with van der Waals surface area (Å²) in [6, 6.07) is 13.3. The van der Waals surface area contributed by atoms with Gasteiger partial charge in [-0.05, 0) is 62.1 Å². The molecule has 0 spiro atoms. The molecule has 52 heavy (non-hydrogen) atoms. The fraction of sp³-hybridized carbons (Fsp3) is 0.378. The maximum absolute atomic E-state index is 14.5. The van der Waals surface area contributed by atoms with Gasteiger partial charge in [-0.1, -0.05) is 43.2 Å². The number of carbonyl (C=O) groups is 4. The number of nitrogens with one attached hydrogen (secondary N) is 3. The van der Waals surface area contributed by atoms with Crippen LogP contribution in [0.3, 0.4) is 0 Å². The molecule has 4 amide bonds. The second kappa shape index (κ2) is 15.0. The van der Waals surface area contributed by atoms with Crippen LogP contribution in [-0.2, 0) is 14.4 Å². The lowest BCUT2D eigenvalue weighted by atomic mass is 10.0. The molecule has 1 saturated carbocycles. The van der Waals surface area contributed by atoms with Crippen LogP contribution in [0.15, 0.2) is 78.3 Å². The third-order valence-electron chi connectivity index (χ3n) is 9.93. The number of rotatable bonds is 7. The number of urea groups is 1. The Morgan fingerprint density at radius 2 is 1.83 bits per heavy atom. The Labute approximate surface area is 304 Å². The summed E-state index contributed by atoms with van der Waals surface area (Å²) in [5.74, 6) is -1.78. The smallest absolute Gasteiger partial charge is 0.330 e. The highest BCUT2D eigenvalue weighted by molar-refractivity contribution is 7.13. The fourth-order valence-electron chi connectivity index (χ4n) is 7.01. The van der Waals surface area contributed by atoms with Crippen LogP contribution in [0.25, 0.3) is 22.0 Å². The van der Waals surface area contributed by atoms with E-state index in [2.05, 4.69) is 20.9 Å². The molecule has 15 heteroatoms. The number of aliphatic carboxylic acids is 1. The third-order valence-corrected chi connectivity index (χ3v) is 10.7. The van der Waals surface area contributed by atoms with Gasteiger partial charge in [0.1, 0.15) is 39.8 Å². The van der Waals surface area contributed by atoms with Crippen molar-refractivity contribution in [3.05, 3.63) is 78.3 Å². The number of hydrogen-bond donors (Lipinski definition) is 4. The predicted octanol–water partition coefficient (Wildman–Crippen LogP) is 4.89. The molecule has 14 nitrogen and oxygen atoms in total. The van der Waals surface area contributed by atoms with Gasteiger partial charge in [0, 0.05) is 41.7 Å². The zero-order valence-electron chi connectivity index (χ0n) is 28.6. The molecule has 4 heterocycles. The van der Waals surface area contributed by atoms with Crippen molar-refractivity contribution in [2.75, 3.05) is 19.0 Å². The van der Waals surface area contributed by atoms with Crippen molar-refractivity contribution in [3.63, 3.8) is 0 Å². The number of carboxylic acid groups (broad SMARTS) is 1. The maximum Gasteiger partial charge on any atom is 0.330 e. The van der Waals surface area contributed by atoms with Crippen LogP contribution in [0.1, 0.15) is 51.0 Å². The first-order chi connectivity index (χ1) is 25.3. The van der Waals surface area contributed by atoms with Gasteiger partial charge in [-0.25, -0.2) is 14.6 Å². The molecule has 0 radical (unpaired) electrons. The first kappa shape index (κ1) is 34.9. The summed E-state index contributed by atoms with van der Waals surface area (Å²) < 4.78 is 5.34. The van der Waals surface area contributed by atoms with Crippen LogP contribution >= 0.6 is 11.3 Å². The number of para-hydroxylation sites is 1. The van der Waals surface area contributed by atoms with Crippen LogP contribution in [-0.4, -0.2) is 85.1 Å². The standard InChI is InChI=1S/C37H40N8O6S/c1-51-27-16-14-23(15-17-27)30-31(33-38-18-19-52-33)43-45(42-30)26-20-29-32(46)41-37(35(48)49)21-24(37)10-6-3-2-4-9-13-28(34(47)44(29)22-26)40-36(50)39-25-11-7-5-8-12-25/h5-8,10-12,14-19,24,26,28-29H,2-4,9,13,20-22H2,1H3,(H,41,46)(H,48,49)(H2,39,40,50)/t24-,26-,28+,29+,37-/m1/s1. The Bertz CT molecular complexity index is 1950. The highest BCUT2D eigenvalue weighted by Gasteiger charge is 2.61. The number of carbonyl (C=O) groups excluding carboxylic acids is 3. The van der Waals surface area contributed by atoms with E-state index >= 15 is 0 Å². The molecule has 0 unspecified atom stereocenters. The summed E-state index contributed by atoms with van der Waals surface area (Å²) in [5.41, 5.74) is 1.03. The maximum atomic E-state index is 14.5. The summed E-state index contributed by atoms with van der Waals surface area (Å²) >= 11 is 1.41. The monoisotopic (exact) mass is 724 g/mol. The van der Waals surface area contributed by atoms with Gasteiger partial charge < -0.3 is 30.7 Å². The largest absolute Gasteiger partial charge is 0.497 e. The van der Waals surface area contributed by atoms with Gasteiger partial charge in [-0.3, -0.25) is 9.59 Å². The lowest BCUT2D eigenvalue weighted by Gasteiger charge is -2.29. The molecule has 0 bridgehead atoms. The van der Waals surface area contributed by atoms with Crippen LogP contribution < -0.4 is 20.7 Å². The molecule has 2 aromatic heterocycles. The van der Waals surface area contributed by atoms with Gasteiger partial charge >= 0.3 is 12.0 Å². The first-order valence-electron chi connectivity index (χ1n) is 17.4. The van der Waals surface area contributed by atoms with E-state index in [1.165, 1.54) is 21.0 Å². The Morgan fingerprint density at radius 3 is 2.56 bits per heavy atom. The SMILES string of the molecule is COc1ccc(-c2nn([C@@H]3C[C@H]4C(=O)N[C@]5(C(=O)O)C[C@H]5C=CCCCCC[C@H](NC(=O)Nc5ccccc5)C(=O)N4C3)nc2-c2nccs2)cc1. The first-order valence-corrected chi connectivity index (χ1v) is 18.3. The number of aromatic nitrogens is 4. The number of thiazole rings is 1. The zero-order chi connectivity index (χ0) is 36.2. The quantitative estimate of drug-likeness (QED) is 0.193.